The maximum absolute atomic E-state index is 11.9. The summed E-state index contributed by atoms with van der Waals surface area (Å²) in [4.78, 5) is 16.1. The van der Waals surface area contributed by atoms with Crippen molar-refractivity contribution in [1.29, 1.82) is 0 Å². The molecule has 7 heteroatoms. The van der Waals surface area contributed by atoms with Crippen LogP contribution in [0.15, 0.2) is 22.7 Å². The zero-order chi connectivity index (χ0) is 14.8. The van der Waals surface area contributed by atoms with Crippen molar-refractivity contribution in [2.45, 2.75) is 12.3 Å². The van der Waals surface area contributed by atoms with Gasteiger partial charge in [-0.15, -0.1) is 0 Å². The predicted molar refractivity (Wildman–Crippen MR) is 74.5 cm³/mol. The minimum atomic E-state index is -0.488. The molecule has 1 saturated heterocycles. The van der Waals surface area contributed by atoms with Crippen molar-refractivity contribution in [2.75, 3.05) is 20.3 Å². The van der Waals surface area contributed by atoms with Crippen molar-refractivity contribution in [3.05, 3.63) is 29.1 Å². The van der Waals surface area contributed by atoms with Gasteiger partial charge in [-0.05, 0) is 18.2 Å². The largest absolute Gasteiger partial charge is 0.496 e. The monoisotopic (exact) mass is 308 g/mol. The highest BCUT2D eigenvalue weighted by molar-refractivity contribution is 6.30. The lowest BCUT2D eigenvalue weighted by molar-refractivity contribution is -0.127. The number of carbonyl (C=O) groups excluding carboxylic acids is 1. The van der Waals surface area contributed by atoms with Gasteiger partial charge in [0.15, 0.2) is 0 Å². The van der Waals surface area contributed by atoms with Crippen LogP contribution in [0.25, 0.3) is 11.4 Å². The molecule has 0 amide bonds. The van der Waals surface area contributed by atoms with E-state index < -0.39 is 5.92 Å². The van der Waals surface area contributed by atoms with Crippen LogP contribution in [0.2, 0.25) is 5.02 Å². The molecule has 2 aromatic rings. The van der Waals surface area contributed by atoms with Crippen LogP contribution >= 0.6 is 11.6 Å². The lowest BCUT2D eigenvalue weighted by Gasteiger charge is -2.17. The Hall–Kier alpha value is -1.92. The Bertz CT molecular complexity index is 671. The number of aromatic nitrogens is 2. The third-order valence-electron chi connectivity index (χ3n) is 3.31. The van der Waals surface area contributed by atoms with Gasteiger partial charge in [0.05, 0.1) is 25.9 Å². The minimum Gasteiger partial charge on any atom is -0.496 e. The van der Waals surface area contributed by atoms with Gasteiger partial charge in [-0.25, -0.2) is 0 Å². The van der Waals surface area contributed by atoms with Crippen LogP contribution in [-0.4, -0.2) is 36.2 Å². The maximum Gasteiger partial charge on any atom is 0.239 e. The van der Waals surface area contributed by atoms with Crippen LogP contribution in [0, 0.1) is 0 Å². The second kappa shape index (κ2) is 5.83. The van der Waals surface area contributed by atoms with Gasteiger partial charge in [0.25, 0.3) is 0 Å². The number of hydrogen-bond donors (Lipinski definition) is 0. The van der Waals surface area contributed by atoms with Crippen LogP contribution in [0.3, 0.4) is 0 Å². The average Bonchev–Trinajstić information content (AvgIpc) is 2.97. The molecule has 110 valence electrons. The molecule has 1 aromatic heterocycles. The van der Waals surface area contributed by atoms with Crippen molar-refractivity contribution in [1.82, 2.24) is 10.1 Å². The smallest absolute Gasteiger partial charge is 0.239 e. The van der Waals surface area contributed by atoms with E-state index in [0.29, 0.717) is 35.2 Å². The molecule has 1 unspecified atom stereocenters. The Morgan fingerprint density at radius 3 is 3.05 bits per heavy atom. The molecule has 2 heterocycles. The van der Waals surface area contributed by atoms with Crippen LogP contribution in [0.4, 0.5) is 0 Å². The summed E-state index contributed by atoms with van der Waals surface area (Å²) in [7, 11) is 1.54. The van der Waals surface area contributed by atoms with Gasteiger partial charge in [0.1, 0.15) is 17.5 Å². The minimum absolute atomic E-state index is 0.0551. The van der Waals surface area contributed by atoms with Crippen molar-refractivity contribution >= 4 is 17.4 Å². The van der Waals surface area contributed by atoms with E-state index in [-0.39, 0.29) is 18.3 Å². The third kappa shape index (κ3) is 2.77. The summed E-state index contributed by atoms with van der Waals surface area (Å²) in [6, 6.07) is 5.13. The normalized spacial score (nSPS) is 18.8. The van der Waals surface area contributed by atoms with E-state index in [0.717, 1.165) is 0 Å². The van der Waals surface area contributed by atoms with E-state index >= 15 is 0 Å². The van der Waals surface area contributed by atoms with E-state index in [9.17, 15) is 4.79 Å². The molecule has 0 bridgehead atoms. The first-order valence-corrected chi connectivity index (χ1v) is 6.85. The van der Waals surface area contributed by atoms with Gasteiger partial charge in [0.2, 0.25) is 11.7 Å². The molecular formula is C14H13ClN2O4. The third-order valence-corrected chi connectivity index (χ3v) is 3.55. The summed E-state index contributed by atoms with van der Waals surface area (Å²) in [5.41, 5.74) is 0.654. The molecule has 0 aliphatic carbocycles. The number of benzene rings is 1. The van der Waals surface area contributed by atoms with Crippen molar-refractivity contribution in [2.24, 2.45) is 0 Å². The zero-order valence-electron chi connectivity index (χ0n) is 11.3. The van der Waals surface area contributed by atoms with E-state index in [4.69, 9.17) is 25.6 Å². The number of ether oxygens (including phenoxy) is 2. The SMILES string of the molecule is COc1cc(Cl)ccc1-c1noc(C2COCCC2=O)n1. The van der Waals surface area contributed by atoms with Gasteiger partial charge in [-0.2, -0.15) is 4.98 Å². The van der Waals surface area contributed by atoms with E-state index in [1.807, 2.05) is 0 Å². The zero-order valence-corrected chi connectivity index (χ0v) is 12.1. The maximum atomic E-state index is 11.9. The Kier molecular flexibility index (Phi) is 3.90. The van der Waals surface area contributed by atoms with Gasteiger partial charge >= 0.3 is 0 Å². The van der Waals surface area contributed by atoms with Gasteiger partial charge in [-0.3, -0.25) is 4.79 Å². The fourth-order valence-electron chi connectivity index (χ4n) is 2.19. The molecule has 1 aromatic carbocycles. The highest BCUT2D eigenvalue weighted by atomic mass is 35.5. The lowest BCUT2D eigenvalue weighted by atomic mass is 10.0. The molecule has 3 rings (SSSR count). The first-order valence-electron chi connectivity index (χ1n) is 6.47. The fourth-order valence-corrected chi connectivity index (χ4v) is 2.35. The molecule has 1 aliphatic heterocycles. The van der Waals surface area contributed by atoms with Gasteiger partial charge in [-0.1, -0.05) is 16.8 Å². The first kappa shape index (κ1) is 14.0. The number of Topliss-reactive ketones (excluding diaryl/α,β-unsaturated/α-hetero) is 1. The highest BCUT2D eigenvalue weighted by Gasteiger charge is 2.30. The number of rotatable bonds is 3. The molecule has 0 N–H and O–H groups in total. The van der Waals surface area contributed by atoms with Gasteiger partial charge < -0.3 is 14.0 Å². The number of methoxy groups -OCH3 is 1. The summed E-state index contributed by atoms with van der Waals surface area (Å²) >= 11 is 5.92. The molecule has 1 fully saturated rings. The molecule has 0 radical (unpaired) electrons. The van der Waals surface area contributed by atoms with E-state index in [1.54, 1.807) is 18.2 Å². The predicted octanol–water partition coefficient (Wildman–Crippen LogP) is 2.47. The van der Waals surface area contributed by atoms with Crippen LogP contribution in [-0.2, 0) is 9.53 Å². The first-order chi connectivity index (χ1) is 10.2. The Morgan fingerprint density at radius 2 is 2.29 bits per heavy atom. The topological polar surface area (TPSA) is 74.5 Å². The van der Waals surface area contributed by atoms with Crippen LogP contribution in [0.5, 0.6) is 5.75 Å². The molecule has 1 atom stereocenters. The highest BCUT2D eigenvalue weighted by Crippen LogP contribution is 2.32. The molecule has 0 saturated carbocycles. The number of ketones is 1. The second-order valence-electron chi connectivity index (χ2n) is 4.64. The molecule has 21 heavy (non-hydrogen) atoms. The number of hydrogen-bond acceptors (Lipinski definition) is 6. The van der Waals surface area contributed by atoms with Crippen molar-refractivity contribution in [3.8, 4) is 17.1 Å². The Balaban J connectivity index is 1.93. The molecule has 1 aliphatic rings. The standard InChI is InChI=1S/C14H13ClN2O4/c1-19-12-6-8(15)2-3-9(12)13-16-14(21-17-13)10-7-20-5-4-11(10)18/h2-3,6,10H,4-5,7H2,1H3. The summed E-state index contributed by atoms with van der Waals surface area (Å²) in [6.07, 6.45) is 0.368. The molecule has 6 nitrogen and oxygen atoms in total. The van der Waals surface area contributed by atoms with Crippen LogP contribution in [0.1, 0.15) is 18.2 Å². The van der Waals surface area contributed by atoms with Crippen molar-refractivity contribution in [3.63, 3.8) is 0 Å². The fraction of sp³-hybridized carbons (Fsp3) is 0.357. The quantitative estimate of drug-likeness (QED) is 0.867. The Morgan fingerprint density at radius 1 is 1.43 bits per heavy atom. The average molecular weight is 309 g/mol. The number of halogens is 1. The Labute approximate surface area is 126 Å². The second-order valence-corrected chi connectivity index (χ2v) is 5.08. The summed E-state index contributed by atoms with van der Waals surface area (Å²) in [5, 5.41) is 4.47. The molecular weight excluding hydrogens is 296 g/mol. The molecule has 0 spiro atoms. The van der Waals surface area contributed by atoms with Crippen LogP contribution < -0.4 is 4.74 Å². The van der Waals surface area contributed by atoms with Crippen molar-refractivity contribution < 1.29 is 18.8 Å². The van der Waals surface area contributed by atoms with E-state index in [1.165, 1.54) is 7.11 Å². The lowest BCUT2D eigenvalue weighted by Crippen LogP contribution is -2.25. The van der Waals surface area contributed by atoms with E-state index in [2.05, 4.69) is 10.1 Å². The number of nitrogens with zero attached hydrogens (tertiary/aromatic N) is 2. The summed E-state index contributed by atoms with van der Waals surface area (Å²) in [6.45, 7) is 0.722. The summed E-state index contributed by atoms with van der Waals surface area (Å²) in [5.74, 6) is 0.738. The van der Waals surface area contributed by atoms with Gasteiger partial charge in [0, 0.05) is 11.4 Å². The summed E-state index contributed by atoms with van der Waals surface area (Å²) < 4.78 is 15.8. The number of carbonyl (C=O) groups is 1.